The molecule has 0 radical (unpaired) electrons. The minimum Gasteiger partial charge on any atom is -0.508 e. The number of phenols is 2. The molecule has 2 saturated heterocycles. The number of likely N-dealkylation sites (tertiary alicyclic amines) is 2. The smallest absolute Gasteiger partial charge is 0.408 e. The van der Waals surface area contributed by atoms with E-state index in [2.05, 4.69) is 20.4 Å². The first-order valence-corrected chi connectivity index (χ1v) is 25.1. The Morgan fingerprint density at radius 3 is 2.42 bits per heavy atom. The van der Waals surface area contributed by atoms with E-state index < -0.39 is 46.4 Å². The predicted octanol–water partition coefficient (Wildman–Crippen LogP) is 5.97. The number of H-pyrrole nitrogens is 1. The highest BCUT2D eigenvalue weighted by molar-refractivity contribution is 5.94. The number of piperidine rings is 1. The molecule has 1 spiro atoms. The normalized spacial score (nSPS) is 21.1. The van der Waals surface area contributed by atoms with Crippen molar-refractivity contribution in [1.82, 2.24) is 39.4 Å². The Hall–Kier alpha value is -7.38. The Morgan fingerprint density at radius 2 is 1.73 bits per heavy atom. The van der Waals surface area contributed by atoms with E-state index in [4.69, 9.17) is 14.5 Å². The largest absolute Gasteiger partial charge is 0.508 e. The van der Waals surface area contributed by atoms with Gasteiger partial charge in [-0.1, -0.05) is 32.9 Å². The number of carbonyl (C=O) groups is 3. The summed E-state index contributed by atoms with van der Waals surface area (Å²) in [7, 11) is 0. The second-order valence-corrected chi connectivity index (χ2v) is 21.3. The number of aryl methyl sites for hydroxylation is 1. The third kappa shape index (κ3) is 7.28. The molecule has 1 saturated carbocycles. The van der Waals surface area contributed by atoms with Crippen molar-refractivity contribution in [3.8, 4) is 40.0 Å². The number of esters is 1. The molecule has 3 aromatic heterocycles. The molecule has 18 nitrogen and oxygen atoms in total. The zero-order valence-corrected chi connectivity index (χ0v) is 40.9. The Kier molecular flexibility index (Phi) is 10.6. The van der Waals surface area contributed by atoms with E-state index in [9.17, 15) is 39.3 Å². The van der Waals surface area contributed by atoms with Crippen LogP contribution >= 0.6 is 0 Å². The fraction of sp³-hybridized carbons (Fsp3) is 0.426. The van der Waals surface area contributed by atoms with Crippen LogP contribution in [0.15, 0.2) is 58.1 Å². The molecule has 0 unspecified atom stereocenters. The summed E-state index contributed by atoms with van der Waals surface area (Å²) in [6.45, 7) is 10.5. The zero-order valence-electron chi connectivity index (χ0n) is 40.9. The van der Waals surface area contributed by atoms with E-state index in [1.807, 2.05) is 43.0 Å². The van der Waals surface area contributed by atoms with Gasteiger partial charge in [-0.3, -0.25) is 14.5 Å². The van der Waals surface area contributed by atoms with Gasteiger partial charge in [0.15, 0.2) is 17.0 Å². The van der Waals surface area contributed by atoms with Gasteiger partial charge in [0.25, 0.3) is 11.5 Å². The Labute approximate surface area is 417 Å². The lowest BCUT2D eigenvalue weighted by Gasteiger charge is -2.54. The molecular formula is C54H55FN8O10. The molecule has 7 heterocycles. The number of fused-ring (bicyclic) bond motifs is 5. The molecule has 19 heteroatoms. The molecule has 2 aliphatic carbocycles. The van der Waals surface area contributed by atoms with Gasteiger partial charge in [0.1, 0.15) is 23.9 Å². The number of nitrogens with one attached hydrogen (secondary N) is 2. The summed E-state index contributed by atoms with van der Waals surface area (Å²) in [5, 5.41) is 43.0. The van der Waals surface area contributed by atoms with Crippen molar-refractivity contribution in [3.05, 3.63) is 120 Å². The van der Waals surface area contributed by atoms with E-state index in [1.54, 1.807) is 26.0 Å². The molecule has 5 N–H and O–H groups in total. The molecule has 2 atom stereocenters. The first kappa shape index (κ1) is 46.7. The summed E-state index contributed by atoms with van der Waals surface area (Å²) in [5.74, 6) is -1.48. The van der Waals surface area contributed by atoms with Crippen LogP contribution in [-0.2, 0) is 50.8 Å². The summed E-state index contributed by atoms with van der Waals surface area (Å²) < 4.78 is 29.7. The van der Waals surface area contributed by atoms with E-state index in [1.165, 1.54) is 21.3 Å². The summed E-state index contributed by atoms with van der Waals surface area (Å²) in [4.78, 5) is 77.0. The fourth-order valence-corrected chi connectivity index (χ4v) is 12.2. The second kappa shape index (κ2) is 16.6. The molecule has 2 amide bonds. The third-order valence-electron chi connectivity index (χ3n) is 16.6. The van der Waals surface area contributed by atoms with Crippen molar-refractivity contribution in [2.45, 2.75) is 115 Å². The first-order chi connectivity index (χ1) is 34.9. The molecule has 73 heavy (non-hydrogen) atoms. The number of amides is 2. The molecule has 0 bridgehead atoms. The Morgan fingerprint density at radius 1 is 0.986 bits per heavy atom. The van der Waals surface area contributed by atoms with E-state index in [0.29, 0.717) is 101 Å². The van der Waals surface area contributed by atoms with Crippen LogP contribution in [0.3, 0.4) is 0 Å². The van der Waals surface area contributed by atoms with Crippen molar-refractivity contribution in [3.63, 3.8) is 0 Å². The number of ether oxygens (including phenoxy) is 2. The van der Waals surface area contributed by atoms with Crippen molar-refractivity contribution < 1.29 is 43.6 Å². The number of aromatic hydroxyl groups is 2. The topological polar surface area (TPSA) is 234 Å². The Balaban J connectivity index is 0.701. The number of nitrogens with zero attached hydrogens (tertiary/aromatic N) is 6. The number of halogens is 1. The minimum atomic E-state index is -2.02. The molecule has 12 rings (SSSR count). The molecule has 3 aromatic carbocycles. The number of phenolic OH excluding ortho intramolecular Hbond substituents is 2. The number of cyclic esters (lactones) is 1. The number of carbonyl (C=O) groups excluding carboxylic acids is 3. The highest BCUT2D eigenvalue weighted by atomic mass is 19.1. The first-order valence-electron chi connectivity index (χ1n) is 25.1. The summed E-state index contributed by atoms with van der Waals surface area (Å²) >= 11 is 0. The lowest BCUT2D eigenvalue weighted by Crippen LogP contribution is -2.64. The summed E-state index contributed by atoms with van der Waals surface area (Å²) in [6.07, 6.45) is 2.68. The number of aromatic nitrogens is 5. The number of rotatable bonds is 9. The van der Waals surface area contributed by atoms with Crippen LogP contribution in [0.1, 0.15) is 116 Å². The quantitative estimate of drug-likeness (QED) is 0.105. The maximum Gasteiger partial charge on any atom is 0.408 e. The van der Waals surface area contributed by atoms with Gasteiger partial charge in [-0.2, -0.15) is 5.10 Å². The lowest BCUT2D eigenvalue weighted by atomic mass is 9.71. The number of alkyl carbamates (subject to hydrolysis) is 1. The second-order valence-electron chi connectivity index (χ2n) is 21.3. The zero-order chi connectivity index (χ0) is 51.0. The fourth-order valence-electron chi connectivity index (χ4n) is 12.2. The molecular weight excluding hydrogens is 940 g/mol. The molecule has 4 aliphatic heterocycles. The van der Waals surface area contributed by atoms with Gasteiger partial charge in [0.2, 0.25) is 0 Å². The molecule has 6 aromatic rings. The minimum absolute atomic E-state index is 0.0195. The molecule has 378 valence electrons. The number of benzene rings is 3. The van der Waals surface area contributed by atoms with E-state index in [-0.39, 0.29) is 65.3 Å². The lowest BCUT2D eigenvalue weighted by molar-refractivity contribution is -0.172. The average molecular weight is 995 g/mol. The highest BCUT2D eigenvalue weighted by Crippen LogP contribution is 2.49. The van der Waals surface area contributed by atoms with Gasteiger partial charge in [-0.05, 0) is 110 Å². The van der Waals surface area contributed by atoms with Crippen LogP contribution in [0, 0.1) is 18.2 Å². The SMILES string of the molecule is CC[C@@]1(O)C(=O)OCc2c1cc1n(c2=O)Cc2c-1nc1cc(F)c(C)c3c1c2[C@@H](NC(=O)OC1(C(=O)N2CC4(CCN(Cc5ccc(-n6c(-c7cc(C(C)C)c(O)cc7O)n[nH]c6=O)cc5)CC4)C2)CC1)CC3. The van der Waals surface area contributed by atoms with Gasteiger partial charge in [-0.25, -0.2) is 33.4 Å². The summed E-state index contributed by atoms with van der Waals surface area (Å²) in [6, 6.07) is 12.9. The van der Waals surface area contributed by atoms with Crippen LogP contribution in [-0.4, -0.2) is 99.2 Å². The maximum absolute atomic E-state index is 15.5. The van der Waals surface area contributed by atoms with Gasteiger partial charge in [0.05, 0.1) is 46.3 Å². The van der Waals surface area contributed by atoms with Gasteiger partial charge < -0.3 is 39.6 Å². The number of aliphatic hydroxyl groups is 1. The number of pyridine rings is 2. The van der Waals surface area contributed by atoms with Crippen molar-refractivity contribution in [2.75, 3.05) is 26.2 Å². The van der Waals surface area contributed by atoms with Gasteiger partial charge in [-0.15, -0.1) is 0 Å². The average Bonchev–Trinajstić information content (AvgIpc) is 3.90. The number of hydrogen-bond acceptors (Lipinski definition) is 13. The van der Waals surface area contributed by atoms with Gasteiger partial charge in [0, 0.05) is 66.5 Å². The van der Waals surface area contributed by atoms with Crippen molar-refractivity contribution >= 4 is 28.9 Å². The number of hydrogen-bond donors (Lipinski definition) is 5. The maximum atomic E-state index is 15.5. The van der Waals surface area contributed by atoms with Crippen LogP contribution in [0.25, 0.3) is 39.4 Å². The highest BCUT2D eigenvalue weighted by Gasteiger charge is 2.60. The molecule has 6 aliphatic rings. The number of aromatic amines is 1. The predicted molar refractivity (Wildman–Crippen MR) is 262 cm³/mol. The van der Waals surface area contributed by atoms with Crippen molar-refractivity contribution in [1.29, 1.82) is 0 Å². The van der Waals surface area contributed by atoms with E-state index in [0.717, 1.165) is 37.1 Å². The third-order valence-corrected chi connectivity index (χ3v) is 16.6. The van der Waals surface area contributed by atoms with Crippen LogP contribution < -0.4 is 16.6 Å². The Bertz CT molecular complexity index is 3490. The summed E-state index contributed by atoms with van der Waals surface area (Å²) in [5.41, 5.74) is 2.43. The molecule has 3 fully saturated rings. The standard InChI is InChI=1S/C54H55FN8O10/c1-5-54(71)36-19-40-45-34(23-62(40)47(66)35(36)24-72-49(54)68)44-38(11-10-31-28(4)37(55)20-39(56-45)43(31)44)57-51(70)73-53(12-13-53)48(67)61-25-52(26-61)14-16-60(17-15-52)22-29-6-8-30(9-7-29)63-46(58-59-50(63)69)33-18-32(27(2)3)41(64)21-42(33)65/h6-9,18-21,27,38,64-65,71H,5,10-17,22-26H2,1-4H3,(H,57,70)(H,59,69)/t38-,54-/m0/s1. The van der Waals surface area contributed by atoms with Crippen LogP contribution in [0.5, 0.6) is 11.5 Å². The van der Waals surface area contributed by atoms with E-state index >= 15 is 4.39 Å². The van der Waals surface area contributed by atoms with Crippen molar-refractivity contribution in [2.24, 2.45) is 5.41 Å². The van der Waals surface area contributed by atoms with Gasteiger partial charge >= 0.3 is 17.8 Å². The monoisotopic (exact) mass is 994 g/mol. The van der Waals surface area contributed by atoms with Crippen LogP contribution in [0.2, 0.25) is 0 Å². The van der Waals surface area contributed by atoms with Crippen LogP contribution in [0.4, 0.5) is 9.18 Å².